The van der Waals surface area contributed by atoms with Crippen molar-refractivity contribution < 1.29 is 4.79 Å². The van der Waals surface area contributed by atoms with Crippen LogP contribution < -0.4 is 5.32 Å². The van der Waals surface area contributed by atoms with Crippen LogP contribution in [0.3, 0.4) is 0 Å². The molecule has 0 saturated heterocycles. The Labute approximate surface area is 130 Å². The van der Waals surface area contributed by atoms with E-state index < -0.39 is 0 Å². The SMILES string of the molecule is CN(Cc1ccccc1)C(=O)NCCc1ccccc1Cl. The van der Waals surface area contributed by atoms with E-state index in [1.807, 2.05) is 54.6 Å². The number of hydrogen-bond donors (Lipinski definition) is 1. The van der Waals surface area contributed by atoms with Gasteiger partial charge in [-0.3, -0.25) is 0 Å². The maximum atomic E-state index is 12.0. The average molecular weight is 303 g/mol. The minimum atomic E-state index is -0.0779. The largest absolute Gasteiger partial charge is 0.338 e. The van der Waals surface area contributed by atoms with Gasteiger partial charge in [0.1, 0.15) is 0 Å². The molecule has 0 heterocycles. The van der Waals surface area contributed by atoms with Crippen LogP contribution in [0.1, 0.15) is 11.1 Å². The highest BCUT2D eigenvalue weighted by Crippen LogP contribution is 2.14. The molecule has 0 atom stereocenters. The van der Waals surface area contributed by atoms with Crippen molar-refractivity contribution in [3.63, 3.8) is 0 Å². The number of rotatable bonds is 5. The zero-order chi connectivity index (χ0) is 15.1. The van der Waals surface area contributed by atoms with Gasteiger partial charge in [-0.15, -0.1) is 0 Å². The van der Waals surface area contributed by atoms with Crippen molar-refractivity contribution >= 4 is 17.6 Å². The molecule has 0 saturated carbocycles. The standard InChI is InChI=1S/C17H19ClN2O/c1-20(13-14-7-3-2-4-8-14)17(21)19-12-11-15-9-5-6-10-16(15)18/h2-10H,11-13H2,1H3,(H,19,21). The first-order valence-electron chi connectivity index (χ1n) is 6.93. The van der Waals surface area contributed by atoms with E-state index >= 15 is 0 Å². The predicted octanol–water partition coefficient (Wildman–Crippen LogP) is 3.72. The number of nitrogens with zero attached hydrogens (tertiary/aromatic N) is 1. The highest BCUT2D eigenvalue weighted by atomic mass is 35.5. The van der Waals surface area contributed by atoms with Crippen molar-refractivity contribution in [1.29, 1.82) is 0 Å². The summed E-state index contributed by atoms with van der Waals surface area (Å²) in [6.45, 7) is 1.17. The first-order valence-corrected chi connectivity index (χ1v) is 7.31. The molecule has 21 heavy (non-hydrogen) atoms. The highest BCUT2D eigenvalue weighted by Gasteiger charge is 2.08. The summed E-state index contributed by atoms with van der Waals surface area (Å²) in [7, 11) is 1.79. The van der Waals surface area contributed by atoms with Crippen LogP contribution in [0.5, 0.6) is 0 Å². The lowest BCUT2D eigenvalue weighted by Crippen LogP contribution is -2.37. The maximum Gasteiger partial charge on any atom is 0.317 e. The first-order chi connectivity index (χ1) is 10.2. The van der Waals surface area contributed by atoms with E-state index in [9.17, 15) is 4.79 Å². The smallest absolute Gasteiger partial charge is 0.317 e. The fraction of sp³-hybridized carbons (Fsp3) is 0.235. The average Bonchev–Trinajstić information content (AvgIpc) is 2.50. The zero-order valence-electron chi connectivity index (χ0n) is 12.1. The highest BCUT2D eigenvalue weighted by molar-refractivity contribution is 6.31. The number of carbonyl (C=O) groups excluding carboxylic acids is 1. The van der Waals surface area contributed by atoms with E-state index in [1.54, 1.807) is 11.9 Å². The van der Waals surface area contributed by atoms with Gasteiger partial charge in [-0.25, -0.2) is 4.79 Å². The van der Waals surface area contributed by atoms with E-state index in [4.69, 9.17) is 11.6 Å². The summed E-state index contributed by atoms with van der Waals surface area (Å²) >= 11 is 6.09. The Morgan fingerprint density at radius 1 is 1.10 bits per heavy atom. The minimum absolute atomic E-state index is 0.0779. The van der Waals surface area contributed by atoms with Gasteiger partial charge in [0, 0.05) is 25.2 Å². The normalized spacial score (nSPS) is 10.2. The Bertz CT molecular complexity index is 586. The summed E-state index contributed by atoms with van der Waals surface area (Å²) < 4.78 is 0. The van der Waals surface area contributed by atoms with E-state index in [0.29, 0.717) is 13.1 Å². The van der Waals surface area contributed by atoms with Crippen LogP contribution >= 0.6 is 11.6 Å². The molecule has 0 aliphatic carbocycles. The second-order valence-corrected chi connectivity index (χ2v) is 5.32. The summed E-state index contributed by atoms with van der Waals surface area (Å²) in [5.41, 5.74) is 2.16. The number of carbonyl (C=O) groups is 1. The fourth-order valence-corrected chi connectivity index (χ4v) is 2.30. The molecule has 2 rings (SSSR count). The molecule has 0 unspecified atom stereocenters. The van der Waals surface area contributed by atoms with Crippen LogP contribution in [0.25, 0.3) is 0 Å². The molecule has 0 fully saturated rings. The van der Waals surface area contributed by atoms with E-state index in [-0.39, 0.29) is 6.03 Å². The predicted molar refractivity (Wildman–Crippen MR) is 86.5 cm³/mol. The van der Waals surface area contributed by atoms with Crippen LogP contribution in [0.4, 0.5) is 4.79 Å². The van der Waals surface area contributed by atoms with Gasteiger partial charge in [0.05, 0.1) is 0 Å². The number of hydrogen-bond acceptors (Lipinski definition) is 1. The summed E-state index contributed by atoms with van der Waals surface area (Å²) in [6, 6.07) is 17.5. The van der Waals surface area contributed by atoms with Gasteiger partial charge in [-0.2, -0.15) is 0 Å². The summed E-state index contributed by atoms with van der Waals surface area (Å²) in [5.74, 6) is 0. The van der Waals surface area contributed by atoms with Gasteiger partial charge in [0.2, 0.25) is 0 Å². The lowest BCUT2D eigenvalue weighted by atomic mass is 10.1. The number of nitrogens with one attached hydrogen (secondary N) is 1. The molecular weight excluding hydrogens is 284 g/mol. The summed E-state index contributed by atoms with van der Waals surface area (Å²) in [6.07, 6.45) is 0.727. The second kappa shape index (κ2) is 7.70. The molecule has 0 aliphatic heterocycles. The number of amides is 2. The Morgan fingerprint density at radius 3 is 2.48 bits per heavy atom. The molecule has 2 aromatic rings. The van der Waals surface area contributed by atoms with Crippen molar-refractivity contribution in [3.05, 3.63) is 70.7 Å². The van der Waals surface area contributed by atoms with Gasteiger partial charge >= 0.3 is 6.03 Å². The third-order valence-corrected chi connectivity index (χ3v) is 3.61. The molecule has 3 nitrogen and oxygen atoms in total. The molecular formula is C17H19ClN2O. The molecule has 110 valence electrons. The third kappa shape index (κ3) is 4.80. The van der Waals surface area contributed by atoms with Crippen LogP contribution in [-0.4, -0.2) is 24.5 Å². The molecule has 1 N–H and O–H groups in total. The van der Waals surface area contributed by atoms with Crippen LogP contribution in [0.15, 0.2) is 54.6 Å². The van der Waals surface area contributed by atoms with Gasteiger partial charge in [0.25, 0.3) is 0 Å². The molecule has 0 radical (unpaired) electrons. The first kappa shape index (κ1) is 15.4. The van der Waals surface area contributed by atoms with Crippen molar-refractivity contribution in [2.45, 2.75) is 13.0 Å². The molecule has 2 amide bonds. The lowest BCUT2D eigenvalue weighted by molar-refractivity contribution is 0.207. The van der Waals surface area contributed by atoms with Gasteiger partial charge < -0.3 is 10.2 Å². The Balaban J connectivity index is 1.78. The van der Waals surface area contributed by atoms with Crippen molar-refractivity contribution in [2.24, 2.45) is 0 Å². The lowest BCUT2D eigenvalue weighted by Gasteiger charge is -2.18. The monoisotopic (exact) mass is 302 g/mol. The topological polar surface area (TPSA) is 32.3 Å². The molecule has 0 bridgehead atoms. The van der Waals surface area contributed by atoms with Crippen LogP contribution in [-0.2, 0) is 13.0 Å². The maximum absolute atomic E-state index is 12.0. The van der Waals surface area contributed by atoms with Crippen LogP contribution in [0, 0.1) is 0 Å². The third-order valence-electron chi connectivity index (χ3n) is 3.24. The van der Waals surface area contributed by atoms with Crippen LogP contribution in [0.2, 0.25) is 5.02 Å². The van der Waals surface area contributed by atoms with Gasteiger partial charge in [-0.1, -0.05) is 60.1 Å². The Morgan fingerprint density at radius 2 is 1.76 bits per heavy atom. The van der Waals surface area contributed by atoms with Crippen molar-refractivity contribution in [2.75, 3.05) is 13.6 Å². The van der Waals surface area contributed by atoms with E-state index in [1.165, 1.54) is 0 Å². The molecule has 2 aromatic carbocycles. The molecule has 0 spiro atoms. The fourth-order valence-electron chi connectivity index (χ4n) is 2.07. The molecule has 0 aromatic heterocycles. The van der Waals surface area contributed by atoms with Crippen molar-refractivity contribution in [3.8, 4) is 0 Å². The number of benzene rings is 2. The summed E-state index contributed by atoms with van der Waals surface area (Å²) in [5, 5.41) is 3.65. The molecule has 0 aliphatic rings. The second-order valence-electron chi connectivity index (χ2n) is 4.91. The zero-order valence-corrected chi connectivity index (χ0v) is 12.8. The quantitative estimate of drug-likeness (QED) is 0.897. The summed E-state index contributed by atoms with van der Waals surface area (Å²) in [4.78, 5) is 13.7. The van der Waals surface area contributed by atoms with E-state index in [0.717, 1.165) is 22.6 Å². The number of halogens is 1. The van der Waals surface area contributed by atoms with E-state index in [2.05, 4.69) is 5.32 Å². The van der Waals surface area contributed by atoms with Crippen molar-refractivity contribution in [1.82, 2.24) is 10.2 Å². The van der Waals surface area contributed by atoms with Gasteiger partial charge in [-0.05, 0) is 23.6 Å². The minimum Gasteiger partial charge on any atom is -0.338 e. The Kier molecular flexibility index (Phi) is 5.64. The number of urea groups is 1. The van der Waals surface area contributed by atoms with Gasteiger partial charge in [0.15, 0.2) is 0 Å². The Hall–Kier alpha value is -2.00. The molecule has 4 heteroatoms.